The Morgan fingerprint density at radius 2 is 1.64 bits per heavy atom. The SMILES string of the molecule is Cc1c(C#N)c(NC(=O)COC(=O)C(C)NC(=O)c2ccccc2)n(-c2ccccc2)c1C. The second kappa shape index (κ2) is 10.3. The zero-order chi connectivity index (χ0) is 24.0. The number of nitriles is 1. The number of hydrogen-bond donors (Lipinski definition) is 2. The Bertz CT molecular complexity index is 1210. The summed E-state index contributed by atoms with van der Waals surface area (Å²) in [5.74, 6) is -1.46. The van der Waals surface area contributed by atoms with E-state index in [0.29, 0.717) is 16.9 Å². The van der Waals surface area contributed by atoms with E-state index < -0.39 is 30.4 Å². The van der Waals surface area contributed by atoms with Crippen LogP contribution in [0.3, 0.4) is 0 Å². The van der Waals surface area contributed by atoms with Crippen LogP contribution in [-0.2, 0) is 14.3 Å². The third-order valence-electron chi connectivity index (χ3n) is 5.18. The molecule has 1 heterocycles. The van der Waals surface area contributed by atoms with Gasteiger partial charge in [-0.2, -0.15) is 5.26 Å². The Morgan fingerprint density at radius 1 is 1.03 bits per heavy atom. The number of para-hydroxylation sites is 1. The van der Waals surface area contributed by atoms with Crippen LogP contribution in [-0.4, -0.2) is 35.0 Å². The summed E-state index contributed by atoms with van der Waals surface area (Å²) in [7, 11) is 0. The first-order valence-electron chi connectivity index (χ1n) is 10.3. The van der Waals surface area contributed by atoms with E-state index in [1.807, 2.05) is 37.3 Å². The Kier molecular flexibility index (Phi) is 7.26. The maximum absolute atomic E-state index is 12.6. The molecule has 0 fully saturated rings. The molecule has 3 rings (SSSR count). The molecule has 8 heteroatoms. The molecule has 2 amide bonds. The number of carbonyl (C=O) groups is 3. The lowest BCUT2D eigenvalue weighted by atomic mass is 10.2. The molecule has 168 valence electrons. The lowest BCUT2D eigenvalue weighted by Gasteiger charge is -2.15. The minimum Gasteiger partial charge on any atom is -0.454 e. The molecule has 1 unspecified atom stereocenters. The summed E-state index contributed by atoms with van der Waals surface area (Å²) in [6.45, 7) is 4.57. The van der Waals surface area contributed by atoms with Gasteiger partial charge in [-0.15, -0.1) is 0 Å². The standard InChI is InChI=1S/C25H24N4O4/c1-16-18(3)29(20-12-8-5-9-13-20)23(21(16)14-26)28-22(30)15-33-25(32)17(2)27-24(31)19-10-6-4-7-11-19/h4-13,17H,15H2,1-3H3,(H,27,31)(H,28,30). The third kappa shape index (κ3) is 5.28. The Labute approximate surface area is 191 Å². The van der Waals surface area contributed by atoms with Gasteiger partial charge in [-0.3, -0.25) is 14.2 Å². The van der Waals surface area contributed by atoms with Crippen molar-refractivity contribution in [3.8, 4) is 11.8 Å². The van der Waals surface area contributed by atoms with Gasteiger partial charge in [0.2, 0.25) is 0 Å². The highest BCUT2D eigenvalue weighted by molar-refractivity contribution is 5.97. The summed E-state index contributed by atoms with van der Waals surface area (Å²) in [6, 6.07) is 18.9. The highest BCUT2D eigenvalue weighted by Gasteiger charge is 2.22. The molecule has 0 radical (unpaired) electrons. The van der Waals surface area contributed by atoms with E-state index in [0.717, 1.165) is 16.9 Å². The number of anilines is 1. The second-order valence-corrected chi connectivity index (χ2v) is 7.43. The van der Waals surface area contributed by atoms with Crippen molar-refractivity contribution in [2.24, 2.45) is 0 Å². The highest BCUT2D eigenvalue weighted by Crippen LogP contribution is 2.29. The van der Waals surface area contributed by atoms with Gasteiger partial charge in [-0.05, 0) is 50.6 Å². The van der Waals surface area contributed by atoms with Crippen molar-refractivity contribution < 1.29 is 19.1 Å². The zero-order valence-corrected chi connectivity index (χ0v) is 18.6. The number of esters is 1. The van der Waals surface area contributed by atoms with Crippen LogP contribution < -0.4 is 10.6 Å². The molecular formula is C25H24N4O4. The first kappa shape index (κ1) is 23.3. The summed E-state index contributed by atoms with van der Waals surface area (Å²) in [4.78, 5) is 37.0. The number of ether oxygens (including phenoxy) is 1. The topological polar surface area (TPSA) is 113 Å². The van der Waals surface area contributed by atoms with Crippen molar-refractivity contribution in [3.05, 3.63) is 83.0 Å². The van der Waals surface area contributed by atoms with Gasteiger partial charge in [-0.25, -0.2) is 4.79 Å². The van der Waals surface area contributed by atoms with Gasteiger partial charge in [-0.1, -0.05) is 36.4 Å². The number of carbonyl (C=O) groups excluding carboxylic acids is 3. The normalized spacial score (nSPS) is 11.2. The van der Waals surface area contributed by atoms with E-state index in [4.69, 9.17) is 4.74 Å². The molecule has 33 heavy (non-hydrogen) atoms. The van der Waals surface area contributed by atoms with E-state index in [2.05, 4.69) is 16.7 Å². The number of aromatic nitrogens is 1. The molecule has 0 aliphatic rings. The quantitative estimate of drug-likeness (QED) is 0.543. The molecule has 3 aromatic rings. The maximum atomic E-state index is 12.6. The monoisotopic (exact) mass is 444 g/mol. The third-order valence-corrected chi connectivity index (χ3v) is 5.18. The molecule has 2 N–H and O–H groups in total. The van der Waals surface area contributed by atoms with Gasteiger partial charge in [0.15, 0.2) is 6.61 Å². The van der Waals surface area contributed by atoms with Crippen LogP contribution in [0.2, 0.25) is 0 Å². The van der Waals surface area contributed by atoms with Crippen molar-refractivity contribution >= 4 is 23.6 Å². The van der Waals surface area contributed by atoms with Crippen molar-refractivity contribution in [3.63, 3.8) is 0 Å². The fraction of sp³-hybridized carbons (Fsp3) is 0.200. The van der Waals surface area contributed by atoms with E-state index >= 15 is 0 Å². The molecule has 1 aromatic heterocycles. The maximum Gasteiger partial charge on any atom is 0.328 e. The Balaban J connectivity index is 1.66. The van der Waals surface area contributed by atoms with Crippen LogP contribution >= 0.6 is 0 Å². The Hall–Kier alpha value is -4.38. The highest BCUT2D eigenvalue weighted by atomic mass is 16.5. The number of benzene rings is 2. The fourth-order valence-electron chi connectivity index (χ4n) is 3.32. The number of nitrogens with one attached hydrogen (secondary N) is 2. The summed E-state index contributed by atoms with van der Waals surface area (Å²) in [5, 5.41) is 14.9. The second-order valence-electron chi connectivity index (χ2n) is 7.43. The van der Waals surface area contributed by atoms with E-state index in [1.165, 1.54) is 6.92 Å². The average molecular weight is 444 g/mol. The first-order valence-corrected chi connectivity index (χ1v) is 10.3. The molecule has 0 spiro atoms. The van der Waals surface area contributed by atoms with Gasteiger partial charge in [0.1, 0.15) is 17.9 Å². The predicted octanol–water partition coefficient (Wildman–Crippen LogP) is 3.27. The number of hydrogen-bond acceptors (Lipinski definition) is 5. The van der Waals surface area contributed by atoms with Gasteiger partial charge in [0.05, 0.1) is 5.56 Å². The fourth-order valence-corrected chi connectivity index (χ4v) is 3.32. The molecule has 0 aliphatic carbocycles. The number of amides is 2. The molecule has 2 aromatic carbocycles. The predicted molar refractivity (Wildman–Crippen MR) is 123 cm³/mol. The molecule has 0 saturated heterocycles. The number of rotatable bonds is 7. The van der Waals surface area contributed by atoms with Gasteiger partial charge in [0.25, 0.3) is 11.8 Å². The Morgan fingerprint density at radius 3 is 2.24 bits per heavy atom. The summed E-state index contributed by atoms with van der Waals surface area (Å²) < 4.78 is 6.85. The molecule has 1 atom stereocenters. The van der Waals surface area contributed by atoms with E-state index in [1.54, 1.807) is 41.8 Å². The van der Waals surface area contributed by atoms with Crippen LogP contribution in [0.4, 0.5) is 5.82 Å². The van der Waals surface area contributed by atoms with Crippen molar-refractivity contribution in [2.75, 3.05) is 11.9 Å². The lowest BCUT2D eigenvalue weighted by Crippen LogP contribution is -2.40. The average Bonchev–Trinajstić information content (AvgIpc) is 3.07. The van der Waals surface area contributed by atoms with E-state index in [-0.39, 0.29) is 0 Å². The first-order chi connectivity index (χ1) is 15.8. The van der Waals surface area contributed by atoms with Crippen LogP contribution in [0.15, 0.2) is 60.7 Å². The van der Waals surface area contributed by atoms with E-state index in [9.17, 15) is 19.6 Å². The van der Waals surface area contributed by atoms with Crippen molar-refractivity contribution in [1.29, 1.82) is 5.26 Å². The smallest absolute Gasteiger partial charge is 0.328 e. The van der Waals surface area contributed by atoms with Gasteiger partial charge >= 0.3 is 5.97 Å². The molecular weight excluding hydrogens is 420 g/mol. The largest absolute Gasteiger partial charge is 0.454 e. The van der Waals surface area contributed by atoms with Crippen LogP contribution in [0.1, 0.15) is 34.1 Å². The van der Waals surface area contributed by atoms with Crippen LogP contribution in [0.5, 0.6) is 0 Å². The van der Waals surface area contributed by atoms with Gasteiger partial charge < -0.3 is 15.4 Å². The van der Waals surface area contributed by atoms with Gasteiger partial charge in [0, 0.05) is 16.9 Å². The van der Waals surface area contributed by atoms with Crippen molar-refractivity contribution in [1.82, 2.24) is 9.88 Å². The number of nitrogens with zero attached hydrogens (tertiary/aromatic N) is 2. The van der Waals surface area contributed by atoms with Crippen molar-refractivity contribution in [2.45, 2.75) is 26.8 Å². The zero-order valence-electron chi connectivity index (χ0n) is 18.6. The molecule has 8 nitrogen and oxygen atoms in total. The minimum absolute atomic E-state index is 0.310. The lowest BCUT2D eigenvalue weighted by molar-refractivity contribution is -0.148. The van der Waals surface area contributed by atoms with Crippen LogP contribution in [0, 0.1) is 25.2 Å². The molecule has 0 aliphatic heterocycles. The summed E-state index contributed by atoms with van der Waals surface area (Å²) in [6.07, 6.45) is 0. The molecule has 0 bridgehead atoms. The summed E-state index contributed by atoms with van der Waals surface area (Å²) in [5.41, 5.74) is 3.07. The summed E-state index contributed by atoms with van der Waals surface area (Å²) >= 11 is 0. The van der Waals surface area contributed by atoms with Crippen LogP contribution in [0.25, 0.3) is 5.69 Å². The molecule has 0 saturated carbocycles. The minimum atomic E-state index is -0.946.